The van der Waals surface area contributed by atoms with Crippen molar-refractivity contribution in [2.75, 3.05) is 11.9 Å². The standard InChI is InChI=1S/C11H11FN2O/c1-2-13-10-5-7-3-4-8(12)6-9(7)11(15)14-10/h3-6H,2H2,1H3,(H2,13,14,15). The highest BCUT2D eigenvalue weighted by Crippen LogP contribution is 2.14. The van der Waals surface area contributed by atoms with Gasteiger partial charge in [-0.1, -0.05) is 6.07 Å². The average molecular weight is 206 g/mol. The van der Waals surface area contributed by atoms with Crippen molar-refractivity contribution in [3.8, 4) is 0 Å². The normalized spacial score (nSPS) is 10.5. The van der Waals surface area contributed by atoms with Crippen molar-refractivity contribution in [2.24, 2.45) is 0 Å². The minimum absolute atomic E-state index is 0.275. The molecular weight excluding hydrogens is 195 g/mol. The summed E-state index contributed by atoms with van der Waals surface area (Å²) in [6, 6.07) is 5.97. The van der Waals surface area contributed by atoms with Crippen LogP contribution in [0.2, 0.25) is 0 Å². The summed E-state index contributed by atoms with van der Waals surface area (Å²) in [5.74, 6) is 0.255. The average Bonchev–Trinajstić information content (AvgIpc) is 2.20. The van der Waals surface area contributed by atoms with Gasteiger partial charge in [-0.25, -0.2) is 4.39 Å². The third-order valence-electron chi connectivity index (χ3n) is 2.18. The molecule has 3 nitrogen and oxygen atoms in total. The van der Waals surface area contributed by atoms with Crippen LogP contribution in [0.1, 0.15) is 6.92 Å². The number of anilines is 1. The van der Waals surface area contributed by atoms with Crippen LogP contribution in [0.4, 0.5) is 10.2 Å². The Hall–Kier alpha value is -1.84. The monoisotopic (exact) mass is 206 g/mol. The second kappa shape index (κ2) is 3.73. The van der Waals surface area contributed by atoms with Crippen LogP contribution in [0.15, 0.2) is 29.1 Å². The number of hydrogen-bond donors (Lipinski definition) is 2. The minimum Gasteiger partial charge on any atom is -0.372 e. The van der Waals surface area contributed by atoms with Gasteiger partial charge in [0.05, 0.1) is 0 Å². The number of aromatic nitrogens is 1. The fourth-order valence-corrected chi connectivity index (χ4v) is 1.52. The third kappa shape index (κ3) is 1.83. The molecule has 1 aromatic heterocycles. The van der Waals surface area contributed by atoms with Gasteiger partial charge < -0.3 is 10.3 Å². The summed E-state index contributed by atoms with van der Waals surface area (Å²) in [4.78, 5) is 14.2. The lowest BCUT2D eigenvalue weighted by Gasteiger charge is -2.04. The van der Waals surface area contributed by atoms with E-state index in [0.717, 1.165) is 11.9 Å². The summed E-state index contributed by atoms with van der Waals surface area (Å²) in [5, 5.41) is 4.11. The van der Waals surface area contributed by atoms with Crippen molar-refractivity contribution in [1.82, 2.24) is 4.98 Å². The molecule has 0 aliphatic rings. The quantitative estimate of drug-likeness (QED) is 0.790. The zero-order chi connectivity index (χ0) is 10.8. The molecule has 0 spiro atoms. The molecule has 0 aliphatic heterocycles. The highest BCUT2D eigenvalue weighted by atomic mass is 19.1. The maximum atomic E-state index is 12.9. The Morgan fingerprint density at radius 3 is 2.93 bits per heavy atom. The van der Waals surface area contributed by atoms with E-state index in [0.29, 0.717) is 11.2 Å². The van der Waals surface area contributed by atoms with Gasteiger partial charge in [-0.2, -0.15) is 0 Å². The van der Waals surface area contributed by atoms with Crippen LogP contribution in [0.5, 0.6) is 0 Å². The van der Waals surface area contributed by atoms with Crippen molar-refractivity contribution < 1.29 is 4.39 Å². The van der Waals surface area contributed by atoms with Crippen LogP contribution in [0.25, 0.3) is 10.8 Å². The summed E-state index contributed by atoms with van der Waals surface area (Å²) in [5.41, 5.74) is -0.275. The van der Waals surface area contributed by atoms with Crippen molar-refractivity contribution in [2.45, 2.75) is 6.92 Å². The molecule has 78 valence electrons. The molecule has 1 aromatic carbocycles. The van der Waals surface area contributed by atoms with Crippen LogP contribution >= 0.6 is 0 Å². The number of H-pyrrole nitrogens is 1. The molecule has 1 heterocycles. The predicted molar refractivity (Wildman–Crippen MR) is 58.7 cm³/mol. The molecular formula is C11H11FN2O. The number of benzene rings is 1. The Morgan fingerprint density at radius 1 is 1.40 bits per heavy atom. The fraction of sp³-hybridized carbons (Fsp3) is 0.182. The second-order valence-corrected chi connectivity index (χ2v) is 3.27. The predicted octanol–water partition coefficient (Wildman–Crippen LogP) is 2.10. The molecule has 0 saturated heterocycles. The summed E-state index contributed by atoms with van der Waals surface area (Å²) in [6.45, 7) is 2.66. The van der Waals surface area contributed by atoms with E-state index in [9.17, 15) is 9.18 Å². The minimum atomic E-state index is -0.399. The third-order valence-corrected chi connectivity index (χ3v) is 2.18. The van der Waals surface area contributed by atoms with Crippen molar-refractivity contribution in [3.05, 3.63) is 40.4 Å². The van der Waals surface area contributed by atoms with Gasteiger partial charge in [0.15, 0.2) is 0 Å². The Kier molecular flexibility index (Phi) is 2.41. The largest absolute Gasteiger partial charge is 0.372 e. The first kappa shape index (κ1) is 9.71. The smallest absolute Gasteiger partial charge is 0.257 e. The number of fused-ring (bicyclic) bond motifs is 1. The zero-order valence-electron chi connectivity index (χ0n) is 8.30. The number of pyridine rings is 1. The van der Waals surface area contributed by atoms with Crippen molar-refractivity contribution >= 4 is 16.6 Å². The van der Waals surface area contributed by atoms with Crippen LogP contribution in [0, 0.1) is 5.82 Å². The summed E-state index contributed by atoms with van der Waals surface area (Å²) < 4.78 is 12.9. The lowest BCUT2D eigenvalue weighted by molar-refractivity contribution is 0.629. The Labute approximate surface area is 85.9 Å². The first-order valence-electron chi connectivity index (χ1n) is 4.77. The summed E-state index contributed by atoms with van der Waals surface area (Å²) >= 11 is 0. The van der Waals surface area contributed by atoms with E-state index in [4.69, 9.17) is 0 Å². The van der Waals surface area contributed by atoms with Gasteiger partial charge in [-0.3, -0.25) is 4.79 Å². The van der Waals surface area contributed by atoms with Crippen LogP contribution < -0.4 is 10.9 Å². The lowest BCUT2D eigenvalue weighted by atomic mass is 10.1. The van der Waals surface area contributed by atoms with E-state index in [1.54, 1.807) is 12.1 Å². The maximum Gasteiger partial charge on any atom is 0.257 e. The molecule has 0 atom stereocenters. The van der Waals surface area contributed by atoms with Gasteiger partial charge in [0.25, 0.3) is 5.56 Å². The van der Waals surface area contributed by atoms with Crippen molar-refractivity contribution in [1.29, 1.82) is 0 Å². The molecule has 15 heavy (non-hydrogen) atoms. The van der Waals surface area contributed by atoms with Crippen LogP contribution in [-0.2, 0) is 0 Å². The molecule has 0 saturated carbocycles. The molecule has 0 radical (unpaired) electrons. The number of nitrogens with one attached hydrogen (secondary N) is 2. The Balaban J connectivity index is 2.67. The van der Waals surface area contributed by atoms with E-state index >= 15 is 0 Å². The van der Waals surface area contributed by atoms with Gasteiger partial charge in [-0.15, -0.1) is 0 Å². The maximum absolute atomic E-state index is 12.9. The number of aromatic amines is 1. The highest BCUT2D eigenvalue weighted by Gasteiger charge is 2.02. The van der Waals surface area contributed by atoms with Crippen LogP contribution in [0.3, 0.4) is 0 Å². The van der Waals surface area contributed by atoms with Gasteiger partial charge in [0, 0.05) is 11.9 Å². The number of hydrogen-bond acceptors (Lipinski definition) is 2. The van der Waals surface area contributed by atoms with Gasteiger partial charge in [0.1, 0.15) is 11.6 Å². The molecule has 4 heteroatoms. The molecule has 0 aliphatic carbocycles. The lowest BCUT2D eigenvalue weighted by Crippen LogP contribution is -2.10. The molecule has 0 amide bonds. The Bertz CT molecular complexity index is 548. The molecule has 0 unspecified atom stereocenters. The molecule has 0 bridgehead atoms. The first-order chi connectivity index (χ1) is 7.20. The molecule has 0 fully saturated rings. The van der Waals surface area contributed by atoms with Gasteiger partial charge in [0.2, 0.25) is 0 Å². The second-order valence-electron chi connectivity index (χ2n) is 3.27. The molecule has 2 N–H and O–H groups in total. The van der Waals surface area contributed by atoms with Crippen molar-refractivity contribution in [3.63, 3.8) is 0 Å². The Morgan fingerprint density at radius 2 is 2.20 bits per heavy atom. The topological polar surface area (TPSA) is 44.9 Å². The molecule has 2 aromatic rings. The summed E-state index contributed by atoms with van der Waals surface area (Å²) in [7, 11) is 0. The number of rotatable bonds is 2. The van der Waals surface area contributed by atoms with E-state index < -0.39 is 5.82 Å². The fourth-order valence-electron chi connectivity index (χ4n) is 1.52. The van der Waals surface area contributed by atoms with E-state index in [1.807, 2.05) is 6.92 Å². The summed E-state index contributed by atoms with van der Waals surface area (Å²) in [6.07, 6.45) is 0. The highest BCUT2D eigenvalue weighted by molar-refractivity contribution is 5.83. The van der Waals surface area contributed by atoms with Crippen LogP contribution in [-0.4, -0.2) is 11.5 Å². The van der Waals surface area contributed by atoms with E-state index in [2.05, 4.69) is 10.3 Å². The first-order valence-corrected chi connectivity index (χ1v) is 4.77. The van der Waals surface area contributed by atoms with E-state index in [1.165, 1.54) is 12.1 Å². The number of halogens is 1. The molecule has 2 rings (SSSR count). The van der Waals surface area contributed by atoms with Gasteiger partial charge in [-0.05, 0) is 30.5 Å². The van der Waals surface area contributed by atoms with Gasteiger partial charge >= 0.3 is 0 Å². The van der Waals surface area contributed by atoms with E-state index in [-0.39, 0.29) is 5.56 Å². The zero-order valence-corrected chi connectivity index (χ0v) is 8.30. The SMILES string of the molecule is CCNc1cc2ccc(F)cc2c(=O)[nH]1.